The Hall–Kier alpha value is -3.07. The van der Waals surface area contributed by atoms with Gasteiger partial charge in [0, 0.05) is 12.4 Å². The van der Waals surface area contributed by atoms with Crippen molar-refractivity contribution in [2.45, 2.75) is 45.6 Å². The number of hydrogen-bond acceptors (Lipinski definition) is 6. The molecule has 2 bridgehead atoms. The van der Waals surface area contributed by atoms with Crippen molar-refractivity contribution in [1.82, 2.24) is 29.7 Å². The van der Waals surface area contributed by atoms with Crippen molar-refractivity contribution >= 4 is 39.6 Å². The highest BCUT2D eigenvalue weighted by molar-refractivity contribution is 6.31. The number of hydrogen-bond donors (Lipinski definition) is 1. The number of pyridine rings is 1. The van der Waals surface area contributed by atoms with Gasteiger partial charge in [-0.1, -0.05) is 11.6 Å². The molecule has 2 atom stereocenters. The molecule has 8 nitrogen and oxygen atoms in total. The Morgan fingerprint density at radius 2 is 2.03 bits per heavy atom. The van der Waals surface area contributed by atoms with E-state index in [2.05, 4.69) is 20.2 Å². The number of ether oxygens (including phenoxy) is 1. The number of nitrogens with zero attached hydrogens (tertiary/aromatic N) is 5. The minimum Gasteiger partial charge on any atom is -0.466 e. The van der Waals surface area contributed by atoms with E-state index in [0.717, 1.165) is 25.7 Å². The molecule has 3 aliphatic carbocycles. The van der Waals surface area contributed by atoms with Gasteiger partial charge in [-0.2, -0.15) is 5.10 Å². The fourth-order valence-electron chi connectivity index (χ4n) is 6.04. The summed E-state index contributed by atoms with van der Waals surface area (Å²) in [6, 6.07) is 1.55. The smallest absolute Gasteiger partial charge is 0.311 e. The fraction of sp³-hybridized carbons (Fsp3) is 0.458. The molecule has 1 N–H and O–H groups in total. The van der Waals surface area contributed by atoms with Gasteiger partial charge in [-0.3, -0.25) is 9.89 Å². The molecule has 3 aliphatic rings. The van der Waals surface area contributed by atoms with Crippen LogP contribution >= 0.6 is 11.6 Å². The van der Waals surface area contributed by atoms with Crippen LogP contribution in [0.15, 0.2) is 18.5 Å². The topological polar surface area (TPSA) is 98.6 Å². The summed E-state index contributed by atoms with van der Waals surface area (Å²) in [5.41, 5.74) is 2.05. The molecule has 4 heterocycles. The third-order valence-electron chi connectivity index (χ3n) is 7.46. The molecule has 4 aromatic rings. The van der Waals surface area contributed by atoms with Crippen LogP contribution in [-0.2, 0) is 9.53 Å². The van der Waals surface area contributed by atoms with Crippen LogP contribution in [0.25, 0.3) is 33.6 Å². The molecule has 0 radical (unpaired) electrons. The number of H-pyrrole nitrogens is 1. The van der Waals surface area contributed by atoms with Crippen molar-refractivity contribution in [2.24, 2.45) is 17.8 Å². The van der Waals surface area contributed by atoms with Crippen molar-refractivity contribution in [2.75, 3.05) is 6.61 Å². The van der Waals surface area contributed by atoms with Gasteiger partial charge in [0.05, 0.1) is 40.1 Å². The Kier molecular flexibility index (Phi) is 5.05. The van der Waals surface area contributed by atoms with Gasteiger partial charge in [0.1, 0.15) is 11.3 Å². The van der Waals surface area contributed by atoms with Gasteiger partial charge in [-0.05, 0) is 57.4 Å². The molecule has 176 valence electrons. The molecule has 3 saturated carbocycles. The maximum absolute atomic E-state index is 15.3. The molecule has 0 amide bonds. The Balaban J connectivity index is 1.54. The summed E-state index contributed by atoms with van der Waals surface area (Å²) in [7, 11) is 0. The number of esters is 1. The van der Waals surface area contributed by atoms with Crippen LogP contribution in [0.2, 0.25) is 5.02 Å². The maximum atomic E-state index is 15.3. The van der Waals surface area contributed by atoms with Crippen LogP contribution in [0.3, 0.4) is 0 Å². The first-order chi connectivity index (χ1) is 16.5. The summed E-state index contributed by atoms with van der Waals surface area (Å²) in [6.45, 7) is 3.91. The zero-order valence-electron chi connectivity index (χ0n) is 18.9. The van der Waals surface area contributed by atoms with Crippen molar-refractivity contribution in [3.8, 4) is 11.5 Å². The second-order valence-corrected chi connectivity index (χ2v) is 9.72. The third-order valence-corrected chi connectivity index (χ3v) is 7.67. The highest BCUT2D eigenvalue weighted by Crippen LogP contribution is 2.52. The van der Waals surface area contributed by atoms with Crippen LogP contribution in [-0.4, -0.2) is 42.3 Å². The minimum atomic E-state index is -0.387. The number of halogens is 2. The van der Waals surface area contributed by atoms with Crippen molar-refractivity contribution in [3.63, 3.8) is 0 Å². The van der Waals surface area contributed by atoms with E-state index in [0.29, 0.717) is 50.9 Å². The van der Waals surface area contributed by atoms with Gasteiger partial charge in [-0.25, -0.2) is 19.3 Å². The predicted octanol–water partition coefficient (Wildman–Crippen LogP) is 5.01. The molecule has 0 unspecified atom stereocenters. The standard InChI is InChI=1S/C24H24ClFN6O2/c1-3-34-24(33)18-12-4-6-13(7-5-12)20(18)32-10-16(26)17-11(2)28-22(29-23(17)32)19-15-8-14(25)9-27-21(15)31-30-19/h8-10,12-13,18,20H,3-7H2,1-2H3,(H,27,30,31)/t12?,13?,18-,20-/m0/s1. The first-order valence-electron chi connectivity index (χ1n) is 11.7. The lowest BCUT2D eigenvalue weighted by Crippen LogP contribution is -2.45. The second-order valence-electron chi connectivity index (χ2n) is 9.28. The molecule has 10 heteroatoms. The molecule has 0 aliphatic heterocycles. The van der Waals surface area contributed by atoms with E-state index in [9.17, 15) is 4.79 Å². The average molecular weight is 483 g/mol. The Morgan fingerprint density at radius 3 is 2.79 bits per heavy atom. The number of fused-ring (bicyclic) bond motifs is 5. The molecule has 0 aromatic carbocycles. The highest BCUT2D eigenvalue weighted by atomic mass is 35.5. The summed E-state index contributed by atoms with van der Waals surface area (Å²) in [6.07, 6.45) is 7.03. The summed E-state index contributed by atoms with van der Waals surface area (Å²) in [5, 5.41) is 8.71. The zero-order chi connectivity index (χ0) is 23.6. The largest absolute Gasteiger partial charge is 0.466 e. The molecule has 7 rings (SSSR count). The van der Waals surface area contributed by atoms with E-state index in [-0.39, 0.29) is 35.6 Å². The molecular weight excluding hydrogens is 459 g/mol. The number of aryl methyl sites for hydroxylation is 1. The van der Waals surface area contributed by atoms with Gasteiger partial charge in [-0.15, -0.1) is 0 Å². The first-order valence-corrected chi connectivity index (χ1v) is 12.0. The summed E-state index contributed by atoms with van der Waals surface area (Å²) >= 11 is 6.16. The molecule has 3 fully saturated rings. The molecule has 0 spiro atoms. The Morgan fingerprint density at radius 1 is 1.26 bits per heavy atom. The summed E-state index contributed by atoms with van der Waals surface area (Å²) in [5.74, 6) is -0.00897. The van der Waals surface area contributed by atoms with E-state index < -0.39 is 0 Å². The molecular formula is C24H24ClFN6O2. The van der Waals surface area contributed by atoms with E-state index in [4.69, 9.17) is 21.3 Å². The van der Waals surface area contributed by atoms with Crippen molar-refractivity contribution in [3.05, 3.63) is 35.0 Å². The van der Waals surface area contributed by atoms with Gasteiger partial charge in [0.15, 0.2) is 17.3 Å². The number of carbonyl (C=O) groups is 1. The number of rotatable bonds is 4. The molecule has 34 heavy (non-hydrogen) atoms. The van der Waals surface area contributed by atoms with Crippen LogP contribution in [0, 0.1) is 30.5 Å². The van der Waals surface area contributed by atoms with Gasteiger partial charge in [0.2, 0.25) is 0 Å². The zero-order valence-corrected chi connectivity index (χ0v) is 19.6. The Bertz CT molecular complexity index is 1420. The fourth-order valence-corrected chi connectivity index (χ4v) is 6.20. The summed E-state index contributed by atoms with van der Waals surface area (Å²) in [4.78, 5) is 26.6. The predicted molar refractivity (Wildman–Crippen MR) is 125 cm³/mol. The van der Waals surface area contributed by atoms with E-state index >= 15 is 4.39 Å². The van der Waals surface area contributed by atoms with Crippen LogP contribution < -0.4 is 0 Å². The van der Waals surface area contributed by atoms with Gasteiger partial charge < -0.3 is 9.30 Å². The highest BCUT2D eigenvalue weighted by Gasteiger charge is 2.49. The average Bonchev–Trinajstić information content (AvgIpc) is 3.40. The first kappa shape index (κ1) is 21.5. The van der Waals surface area contributed by atoms with E-state index in [1.54, 1.807) is 13.0 Å². The van der Waals surface area contributed by atoms with E-state index in [1.165, 1.54) is 12.4 Å². The normalized spacial score (nSPS) is 24.2. The Labute approximate surface area is 199 Å². The lowest BCUT2D eigenvalue weighted by Gasteiger charge is -2.47. The number of aromatic amines is 1. The third kappa shape index (κ3) is 3.20. The monoisotopic (exact) mass is 482 g/mol. The number of nitrogens with one attached hydrogen (secondary N) is 1. The lowest BCUT2D eigenvalue weighted by atomic mass is 9.61. The molecule has 4 aromatic heterocycles. The van der Waals surface area contributed by atoms with Crippen LogP contribution in [0.5, 0.6) is 0 Å². The SMILES string of the molecule is CCOC(=O)[C@H]1C2CCC(CC2)[C@@H]1n1cc(F)c2c(C)nc(-c3[nH]nc4ncc(Cl)cc34)nc21. The number of carbonyl (C=O) groups excluding carboxylic acids is 1. The minimum absolute atomic E-state index is 0.199. The van der Waals surface area contributed by atoms with Crippen molar-refractivity contribution in [1.29, 1.82) is 0 Å². The molecule has 0 saturated heterocycles. The lowest BCUT2D eigenvalue weighted by molar-refractivity contribution is -0.157. The number of aromatic nitrogens is 6. The second kappa shape index (κ2) is 8.01. The summed E-state index contributed by atoms with van der Waals surface area (Å²) < 4.78 is 22.6. The quantitative estimate of drug-likeness (QED) is 0.410. The maximum Gasteiger partial charge on any atom is 0.311 e. The van der Waals surface area contributed by atoms with E-state index in [1.807, 2.05) is 11.5 Å². The van der Waals surface area contributed by atoms with Crippen molar-refractivity contribution < 1.29 is 13.9 Å². The van der Waals surface area contributed by atoms with Gasteiger partial charge in [0.25, 0.3) is 0 Å². The van der Waals surface area contributed by atoms with Crippen LogP contribution in [0.1, 0.15) is 44.3 Å². The van der Waals surface area contributed by atoms with Crippen LogP contribution in [0.4, 0.5) is 4.39 Å². The van der Waals surface area contributed by atoms with Gasteiger partial charge >= 0.3 is 5.97 Å².